The van der Waals surface area contributed by atoms with E-state index in [4.69, 9.17) is 5.11 Å². The van der Waals surface area contributed by atoms with Gasteiger partial charge in [0.15, 0.2) is 5.65 Å². The number of fused-ring (bicyclic) bond motifs is 1. The van der Waals surface area contributed by atoms with Crippen molar-refractivity contribution in [3.63, 3.8) is 0 Å². The molecular formula is C8H6BrN3O2. The van der Waals surface area contributed by atoms with Crippen LogP contribution in [0.25, 0.3) is 11.2 Å². The number of aromatic carboxylic acids is 1. The number of hydrogen-bond donors (Lipinski definition) is 2. The van der Waals surface area contributed by atoms with Gasteiger partial charge in [-0.05, 0) is 28.4 Å². The number of carbonyl (C=O) groups is 1. The zero-order valence-corrected chi connectivity index (χ0v) is 8.79. The number of rotatable bonds is 1. The zero-order valence-electron chi connectivity index (χ0n) is 7.21. The summed E-state index contributed by atoms with van der Waals surface area (Å²) >= 11 is 3.30. The van der Waals surface area contributed by atoms with E-state index in [9.17, 15) is 4.79 Å². The molecule has 2 aromatic rings. The fraction of sp³-hybridized carbons (Fsp3) is 0.125. The molecule has 2 heterocycles. The highest BCUT2D eigenvalue weighted by atomic mass is 79.9. The van der Waals surface area contributed by atoms with Gasteiger partial charge < -0.3 is 10.1 Å². The molecule has 0 aromatic carbocycles. The van der Waals surface area contributed by atoms with Gasteiger partial charge in [0.1, 0.15) is 0 Å². The molecule has 5 nitrogen and oxygen atoms in total. The highest BCUT2D eigenvalue weighted by molar-refractivity contribution is 9.10. The Morgan fingerprint density at radius 1 is 1.64 bits per heavy atom. The topological polar surface area (TPSA) is 78.9 Å². The molecule has 0 aliphatic carbocycles. The molecule has 2 N–H and O–H groups in total. The van der Waals surface area contributed by atoms with Gasteiger partial charge in [0.05, 0.1) is 5.52 Å². The Balaban J connectivity index is 2.77. The summed E-state index contributed by atoms with van der Waals surface area (Å²) in [4.78, 5) is 21.2. The fourth-order valence-electron chi connectivity index (χ4n) is 1.15. The Morgan fingerprint density at radius 2 is 2.36 bits per heavy atom. The van der Waals surface area contributed by atoms with E-state index in [1.807, 2.05) is 6.92 Å². The highest BCUT2D eigenvalue weighted by Gasteiger charge is 2.12. The molecule has 14 heavy (non-hydrogen) atoms. The highest BCUT2D eigenvalue weighted by Crippen LogP contribution is 2.21. The third kappa shape index (κ3) is 1.27. The van der Waals surface area contributed by atoms with Crippen LogP contribution in [-0.4, -0.2) is 26.0 Å². The molecule has 0 radical (unpaired) electrons. The van der Waals surface area contributed by atoms with Gasteiger partial charge >= 0.3 is 5.97 Å². The van der Waals surface area contributed by atoms with Gasteiger partial charge in [0, 0.05) is 10.7 Å². The van der Waals surface area contributed by atoms with E-state index in [2.05, 4.69) is 30.9 Å². The van der Waals surface area contributed by atoms with Crippen LogP contribution in [0.5, 0.6) is 0 Å². The minimum Gasteiger partial charge on any atom is -0.475 e. The molecule has 0 atom stereocenters. The predicted molar refractivity (Wildman–Crippen MR) is 53.3 cm³/mol. The smallest absolute Gasteiger partial charge is 0.371 e. The first-order chi connectivity index (χ1) is 6.59. The lowest BCUT2D eigenvalue weighted by molar-refractivity contribution is 0.0685. The van der Waals surface area contributed by atoms with Crippen molar-refractivity contribution < 1.29 is 9.90 Å². The van der Waals surface area contributed by atoms with Crippen LogP contribution < -0.4 is 0 Å². The Morgan fingerprint density at radius 3 is 3.00 bits per heavy atom. The van der Waals surface area contributed by atoms with Crippen LogP contribution in [0.15, 0.2) is 10.7 Å². The van der Waals surface area contributed by atoms with E-state index in [1.165, 1.54) is 0 Å². The molecule has 0 fully saturated rings. The number of aromatic nitrogens is 3. The summed E-state index contributed by atoms with van der Waals surface area (Å²) in [5.74, 6) is -1.17. The third-order valence-electron chi connectivity index (χ3n) is 1.92. The molecule has 72 valence electrons. The van der Waals surface area contributed by atoms with E-state index in [1.54, 1.807) is 6.20 Å². The number of carboxylic acid groups (broad SMARTS) is 1. The van der Waals surface area contributed by atoms with E-state index >= 15 is 0 Å². The quantitative estimate of drug-likeness (QED) is 0.814. The fourth-order valence-corrected chi connectivity index (χ4v) is 1.45. The molecular weight excluding hydrogens is 250 g/mol. The Bertz CT molecular complexity index is 521. The summed E-state index contributed by atoms with van der Waals surface area (Å²) in [6, 6.07) is 0. The number of aryl methyl sites for hydroxylation is 1. The van der Waals surface area contributed by atoms with Gasteiger partial charge in [0.25, 0.3) is 0 Å². The maximum Gasteiger partial charge on any atom is 0.371 e. The number of carboxylic acids is 1. The van der Waals surface area contributed by atoms with Crippen molar-refractivity contribution in [1.82, 2.24) is 15.0 Å². The van der Waals surface area contributed by atoms with Gasteiger partial charge in [-0.2, -0.15) is 0 Å². The van der Waals surface area contributed by atoms with Crippen molar-refractivity contribution in [3.8, 4) is 0 Å². The first-order valence-electron chi connectivity index (χ1n) is 3.83. The number of hydrogen-bond acceptors (Lipinski definition) is 3. The zero-order chi connectivity index (χ0) is 10.3. The SMILES string of the molecule is Cc1c(Br)cnc2nc(C(=O)O)[nH]c12. The number of nitrogens with zero attached hydrogens (tertiary/aromatic N) is 2. The van der Waals surface area contributed by atoms with Crippen molar-refractivity contribution in [3.05, 3.63) is 22.1 Å². The molecule has 0 bridgehead atoms. The van der Waals surface area contributed by atoms with Gasteiger partial charge in [-0.3, -0.25) is 0 Å². The monoisotopic (exact) mass is 255 g/mol. The van der Waals surface area contributed by atoms with Crippen LogP contribution in [0.1, 0.15) is 16.2 Å². The van der Waals surface area contributed by atoms with Crippen molar-refractivity contribution in [2.45, 2.75) is 6.92 Å². The van der Waals surface area contributed by atoms with Crippen LogP contribution in [-0.2, 0) is 0 Å². The summed E-state index contributed by atoms with van der Waals surface area (Å²) in [5, 5.41) is 8.71. The third-order valence-corrected chi connectivity index (χ3v) is 2.72. The summed E-state index contributed by atoms with van der Waals surface area (Å²) in [6.07, 6.45) is 1.60. The number of halogens is 1. The lowest BCUT2D eigenvalue weighted by Gasteiger charge is -1.95. The van der Waals surface area contributed by atoms with Crippen molar-refractivity contribution in [1.29, 1.82) is 0 Å². The van der Waals surface area contributed by atoms with Crippen molar-refractivity contribution >= 4 is 33.1 Å². The Hall–Kier alpha value is -1.43. The average Bonchev–Trinajstić information content (AvgIpc) is 2.56. The number of aromatic amines is 1. The predicted octanol–water partition coefficient (Wildman–Crippen LogP) is 1.73. The van der Waals surface area contributed by atoms with Crippen LogP contribution in [0, 0.1) is 6.92 Å². The standard InChI is InChI=1S/C8H6BrN3O2/c1-3-4(9)2-10-6-5(3)11-7(12-6)8(13)14/h2H,1H3,(H,13,14)(H,10,11,12). The second kappa shape index (κ2) is 3.06. The first kappa shape index (κ1) is 9.14. The van der Waals surface area contributed by atoms with E-state index in [0.717, 1.165) is 10.0 Å². The number of pyridine rings is 1. The van der Waals surface area contributed by atoms with E-state index in [0.29, 0.717) is 11.2 Å². The summed E-state index contributed by atoms with van der Waals surface area (Å²) in [6.45, 7) is 1.86. The number of H-pyrrole nitrogens is 1. The molecule has 2 aromatic heterocycles. The molecule has 0 unspecified atom stereocenters. The van der Waals surface area contributed by atoms with Crippen molar-refractivity contribution in [2.24, 2.45) is 0 Å². The number of imidazole rings is 1. The minimum atomic E-state index is -1.08. The van der Waals surface area contributed by atoms with Crippen LogP contribution in [0.3, 0.4) is 0 Å². The van der Waals surface area contributed by atoms with Gasteiger partial charge in [-0.25, -0.2) is 14.8 Å². The van der Waals surface area contributed by atoms with Crippen LogP contribution in [0.4, 0.5) is 0 Å². The van der Waals surface area contributed by atoms with Crippen LogP contribution in [0.2, 0.25) is 0 Å². The molecule has 0 aliphatic rings. The molecule has 0 aliphatic heterocycles. The molecule has 0 saturated carbocycles. The number of nitrogens with one attached hydrogen (secondary N) is 1. The van der Waals surface area contributed by atoms with Gasteiger partial charge in [0.2, 0.25) is 5.82 Å². The normalized spacial score (nSPS) is 10.7. The molecule has 2 rings (SSSR count). The van der Waals surface area contributed by atoms with E-state index in [-0.39, 0.29) is 5.82 Å². The minimum absolute atomic E-state index is 0.0892. The Kier molecular flexibility index (Phi) is 1.99. The maximum absolute atomic E-state index is 10.6. The maximum atomic E-state index is 10.6. The van der Waals surface area contributed by atoms with E-state index < -0.39 is 5.97 Å². The molecule has 0 saturated heterocycles. The Labute approximate surface area is 87.3 Å². The van der Waals surface area contributed by atoms with Crippen molar-refractivity contribution in [2.75, 3.05) is 0 Å². The largest absolute Gasteiger partial charge is 0.475 e. The molecule has 6 heteroatoms. The first-order valence-corrected chi connectivity index (χ1v) is 4.63. The average molecular weight is 256 g/mol. The second-order valence-corrected chi connectivity index (χ2v) is 3.67. The summed E-state index contributed by atoms with van der Waals surface area (Å²) in [5.41, 5.74) is 1.97. The second-order valence-electron chi connectivity index (χ2n) is 2.82. The lowest BCUT2D eigenvalue weighted by Crippen LogP contribution is -1.97. The lowest BCUT2D eigenvalue weighted by atomic mass is 10.3. The van der Waals surface area contributed by atoms with Gasteiger partial charge in [-0.15, -0.1) is 0 Å². The van der Waals surface area contributed by atoms with Crippen LogP contribution >= 0.6 is 15.9 Å². The van der Waals surface area contributed by atoms with Gasteiger partial charge in [-0.1, -0.05) is 0 Å². The molecule has 0 amide bonds. The molecule has 0 spiro atoms. The summed E-state index contributed by atoms with van der Waals surface area (Å²) < 4.78 is 0.825. The summed E-state index contributed by atoms with van der Waals surface area (Å²) in [7, 11) is 0.